The van der Waals surface area contributed by atoms with Crippen molar-refractivity contribution < 1.29 is 0 Å². The highest BCUT2D eigenvalue weighted by molar-refractivity contribution is 6.31. The lowest BCUT2D eigenvalue weighted by Crippen LogP contribution is -2.04. The van der Waals surface area contributed by atoms with E-state index in [4.69, 9.17) is 18.0 Å². The van der Waals surface area contributed by atoms with Crippen molar-refractivity contribution in [1.29, 1.82) is 0 Å². The number of benzene rings is 1. The van der Waals surface area contributed by atoms with Crippen LogP contribution in [-0.4, -0.2) is 7.05 Å². The molecule has 1 aromatic carbocycles. The minimum atomic E-state index is 0. The summed E-state index contributed by atoms with van der Waals surface area (Å²) in [7, 11) is 1.89. The highest BCUT2D eigenvalue weighted by Gasteiger charge is 1.97. The topological polar surface area (TPSA) is 12.0 Å². The molecule has 0 saturated heterocycles. The van der Waals surface area contributed by atoms with E-state index in [0.717, 1.165) is 17.7 Å². The predicted octanol–water partition coefficient (Wildman–Crippen LogP) is 2.46. The van der Waals surface area contributed by atoms with Crippen LogP contribution in [0.3, 0.4) is 0 Å². The summed E-state index contributed by atoms with van der Waals surface area (Å²) in [5, 5.41) is 3.68. The Kier molecular flexibility index (Phi) is 5.57. The van der Waals surface area contributed by atoms with Crippen LogP contribution in [0.5, 0.6) is 0 Å². The first-order valence-electron chi connectivity index (χ1n) is 3.67. The first-order chi connectivity index (χ1) is 5.77. The van der Waals surface area contributed by atoms with Crippen LogP contribution < -0.4 is 5.32 Å². The molecule has 1 rings (SSSR count). The molecule has 0 heterocycles. The molecule has 0 unspecified atom stereocenters. The molecule has 0 aliphatic rings. The lowest BCUT2D eigenvalue weighted by atomic mass is 10.1. The molecule has 1 nitrogen and oxygen atoms in total. The van der Waals surface area contributed by atoms with Crippen molar-refractivity contribution in [1.82, 2.24) is 5.32 Å². The third-order valence-electron chi connectivity index (χ3n) is 1.57. The van der Waals surface area contributed by atoms with E-state index < -0.39 is 0 Å². The van der Waals surface area contributed by atoms with Crippen molar-refractivity contribution >= 4 is 24.0 Å². The number of nitrogens with one attached hydrogen (secondary N) is 1. The van der Waals surface area contributed by atoms with Crippen LogP contribution in [0.2, 0.25) is 5.02 Å². The molecule has 0 saturated carbocycles. The number of terminal acetylenes is 1. The first-order valence-corrected chi connectivity index (χ1v) is 4.05. The normalized spacial score (nSPS) is 8.69. The molecule has 0 atom stereocenters. The lowest BCUT2D eigenvalue weighted by Gasteiger charge is -2.01. The second-order valence-electron chi connectivity index (χ2n) is 2.49. The molecule has 0 bridgehead atoms. The lowest BCUT2D eigenvalue weighted by molar-refractivity contribution is 0.818. The fraction of sp³-hybridized carbons (Fsp3) is 0.200. The van der Waals surface area contributed by atoms with Crippen LogP contribution >= 0.6 is 24.0 Å². The molecule has 3 heteroatoms. The standard InChI is InChI=1S/C10H10ClN.ClH/c1-3-9-6-8(7-12-2)4-5-10(9)11;/h1,4-6,12H,7H2,2H3;1H. The Balaban J connectivity index is 0.00000144. The molecule has 0 radical (unpaired) electrons. The Bertz CT molecular complexity index is 315. The zero-order valence-corrected chi connectivity index (χ0v) is 8.88. The molecule has 1 N–H and O–H groups in total. The predicted molar refractivity (Wildman–Crippen MR) is 59.4 cm³/mol. The van der Waals surface area contributed by atoms with Gasteiger partial charge in [0.2, 0.25) is 0 Å². The summed E-state index contributed by atoms with van der Waals surface area (Å²) in [4.78, 5) is 0. The van der Waals surface area contributed by atoms with Crippen molar-refractivity contribution in [3.05, 3.63) is 34.3 Å². The fourth-order valence-corrected chi connectivity index (χ4v) is 1.17. The quantitative estimate of drug-likeness (QED) is 0.749. The van der Waals surface area contributed by atoms with Gasteiger partial charge in [0, 0.05) is 12.1 Å². The van der Waals surface area contributed by atoms with Crippen LogP contribution in [0, 0.1) is 12.3 Å². The van der Waals surface area contributed by atoms with Crippen molar-refractivity contribution in [3.8, 4) is 12.3 Å². The molecule has 0 aliphatic heterocycles. The van der Waals surface area contributed by atoms with Crippen molar-refractivity contribution in [2.45, 2.75) is 6.54 Å². The summed E-state index contributed by atoms with van der Waals surface area (Å²) in [6.07, 6.45) is 5.26. The number of hydrogen-bond acceptors (Lipinski definition) is 1. The first kappa shape index (κ1) is 12.3. The van der Waals surface area contributed by atoms with Gasteiger partial charge in [-0.1, -0.05) is 23.6 Å². The number of halogens is 2. The largest absolute Gasteiger partial charge is 0.316 e. The van der Waals surface area contributed by atoms with Gasteiger partial charge >= 0.3 is 0 Å². The van der Waals surface area contributed by atoms with E-state index in [2.05, 4.69) is 11.2 Å². The second kappa shape index (κ2) is 5.88. The smallest absolute Gasteiger partial charge is 0.0562 e. The molecular weight excluding hydrogens is 205 g/mol. The summed E-state index contributed by atoms with van der Waals surface area (Å²) in [5.74, 6) is 2.53. The number of rotatable bonds is 2. The van der Waals surface area contributed by atoms with E-state index in [0.29, 0.717) is 5.02 Å². The highest BCUT2D eigenvalue weighted by atomic mass is 35.5. The molecule has 0 spiro atoms. The van der Waals surface area contributed by atoms with Crippen LogP contribution in [-0.2, 0) is 6.54 Å². The maximum Gasteiger partial charge on any atom is 0.0562 e. The van der Waals surface area contributed by atoms with Gasteiger partial charge in [0.15, 0.2) is 0 Å². The number of hydrogen-bond donors (Lipinski definition) is 1. The minimum Gasteiger partial charge on any atom is -0.316 e. The average Bonchev–Trinajstić information content (AvgIpc) is 2.09. The molecule has 0 fully saturated rings. The zero-order valence-electron chi connectivity index (χ0n) is 7.30. The van der Waals surface area contributed by atoms with Gasteiger partial charge < -0.3 is 5.32 Å². The SMILES string of the molecule is C#Cc1cc(CNC)ccc1Cl.Cl. The third kappa shape index (κ3) is 3.28. The third-order valence-corrected chi connectivity index (χ3v) is 1.90. The molecule has 0 aromatic heterocycles. The van der Waals surface area contributed by atoms with Crippen molar-refractivity contribution in [2.24, 2.45) is 0 Å². The summed E-state index contributed by atoms with van der Waals surface area (Å²) in [6, 6.07) is 5.70. The van der Waals surface area contributed by atoms with E-state index in [9.17, 15) is 0 Å². The van der Waals surface area contributed by atoms with Gasteiger partial charge in [0.25, 0.3) is 0 Å². The van der Waals surface area contributed by atoms with Gasteiger partial charge in [-0.2, -0.15) is 0 Å². The van der Waals surface area contributed by atoms with Gasteiger partial charge in [-0.15, -0.1) is 18.8 Å². The van der Waals surface area contributed by atoms with Gasteiger partial charge in [0.05, 0.1) is 5.02 Å². The van der Waals surface area contributed by atoms with E-state index in [-0.39, 0.29) is 12.4 Å². The van der Waals surface area contributed by atoms with Crippen LogP contribution in [0.25, 0.3) is 0 Å². The Morgan fingerprint density at radius 2 is 2.23 bits per heavy atom. The van der Waals surface area contributed by atoms with Crippen LogP contribution in [0.15, 0.2) is 18.2 Å². The Labute approximate surface area is 89.9 Å². The minimum absolute atomic E-state index is 0. The molecular formula is C10H11Cl2N. The van der Waals surface area contributed by atoms with Gasteiger partial charge in [-0.3, -0.25) is 0 Å². The molecule has 0 amide bonds. The van der Waals surface area contributed by atoms with Gasteiger partial charge in [0.1, 0.15) is 0 Å². The summed E-state index contributed by atoms with van der Waals surface area (Å²) < 4.78 is 0. The maximum absolute atomic E-state index is 5.83. The van der Waals surface area contributed by atoms with Gasteiger partial charge in [-0.05, 0) is 24.7 Å². The average molecular weight is 216 g/mol. The molecule has 70 valence electrons. The Hall–Kier alpha value is -0.680. The summed E-state index contributed by atoms with van der Waals surface area (Å²) in [5.41, 5.74) is 1.90. The van der Waals surface area contributed by atoms with Gasteiger partial charge in [-0.25, -0.2) is 0 Å². The molecule has 13 heavy (non-hydrogen) atoms. The summed E-state index contributed by atoms with van der Waals surface area (Å²) in [6.45, 7) is 0.811. The monoisotopic (exact) mass is 215 g/mol. The fourth-order valence-electron chi connectivity index (χ4n) is 0.997. The van der Waals surface area contributed by atoms with E-state index >= 15 is 0 Å². The highest BCUT2D eigenvalue weighted by Crippen LogP contribution is 2.16. The van der Waals surface area contributed by atoms with Crippen molar-refractivity contribution in [2.75, 3.05) is 7.05 Å². The summed E-state index contributed by atoms with van der Waals surface area (Å²) >= 11 is 5.83. The van der Waals surface area contributed by atoms with Crippen LogP contribution in [0.1, 0.15) is 11.1 Å². The van der Waals surface area contributed by atoms with E-state index in [1.54, 1.807) is 0 Å². The Morgan fingerprint density at radius 3 is 2.77 bits per heavy atom. The van der Waals surface area contributed by atoms with Crippen molar-refractivity contribution in [3.63, 3.8) is 0 Å². The second-order valence-corrected chi connectivity index (χ2v) is 2.90. The van der Waals surface area contributed by atoms with E-state index in [1.807, 2.05) is 25.2 Å². The zero-order chi connectivity index (χ0) is 8.97. The Morgan fingerprint density at radius 1 is 1.54 bits per heavy atom. The molecule has 0 aliphatic carbocycles. The maximum atomic E-state index is 5.83. The van der Waals surface area contributed by atoms with Crippen LogP contribution in [0.4, 0.5) is 0 Å². The van der Waals surface area contributed by atoms with E-state index in [1.165, 1.54) is 0 Å². The molecule has 1 aromatic rings.